The van der Waals surface area contributed by atoms with Crippen molar-refractivity contribution >= 4 is 17.7 Å². The Kier molecular flexibility index (Phi) is 5.56. The number of carbonyl (C=O) groups excluding carboxylic acids is 3. The molecule has 3 amide bonds. The van der Waals surface area contributed by atoms with Crippen LogP contribution < -0.4 is 16.0 Å². The molecule has 31 heavy (non-hydrogen) atoms. The van der Waals surface area contributed by atoms with Crippen LogP contribution in [0.5, 0.6) is 0 Å². The van der Waals surface area contributed by atoms with Crippen LogP contribution in [0, 0.1) is 5.41 Å². The molecule has 1 spiro atoms. The van der Waals surface area contributed by atoms with Gasteiger partial charge in [-0.15, -0.1) is 0 Å². The molecule has 1 aliphatic carbocycles. The number of rotatable bonds is 4. The number of nitrogens with zero attached hydrogens (tertiary/aromatic N) is 1. The molecular weight excluding hydrogens is 392 g/mol. The van der Waals surface area contributed by atoms with E-state index in [0.717, 1.165) is 25.2 Å². The summed E-state index contributed by atoms with van der Waals surface area (Å²) in [5, 5.41) is 9.73. The number of fused-ring (bicyclic) bond motifs is 1. The molecule has 2 atom stereocenters. The van der Waals surface area contributed by atoms with Crippen LogP contribution in [0.3, 0.4) is 0 Å². The Bertz CT molecular complexity index is 885. The van der Waals surface area contributed by atoms with Gasteiger partial charge in [0.1, 0.15) is 6.04 Å². The summed E-state index contributed by atoms with van der Waals surface area (Å²) < 4.78 is 0. The van der Waals surface area contributed by atoms with E-state index in [0.29, 0.717) is 30.0 Å². The molecule has 3 fully saturated rings. The molecule has 7 heteroatoms. The predicted octanol–water partition coefficient (Wildman–Crippen LogP) is 1.85. The van der Waals surface area contributed by atoms with Gasteiger partial charge in [-0.25, -0.2) is 0 Å². The van der Waals surface area contributed by atoms with Crippen molar-refractivity contribution in [1.82, 2.24) is 20.9 Å². The molecule has 0 aromatic heterocycles. The van der Waals surface area contributed by atoms with Crippen LogP contribution in [0.15, 0.2) is 18.2 Å². The maximum Gasteiger partial charge on any atom is 0.255 e. The van der Waals surface area contributed by atoms with Crippen LogP contribution in [0.25, 0.3) is 0 Å². The highest BCUT2D eigenvalue weighted by Crippen LogP contribution is 2.43. The summed E-state index contributed by atoms with van der Waals surface area (Å²) in [7, 11) is 0. The second kappa shape index (κ2) is 8.36. The van der Waals surface area contributed by atoms with Gasteiger partial charge in [-0.3, -0.25) is 19.7 Å². The minimum absolute atomic E-state index is 0.107. The van der Waals surface area contributed by atoms with E-state index in [1.54, 1.807) is 4.90 Å². The maximum absolute atomic E-state index is 12.9. The van der Waals surface area contributed by atoms with Gasteiger partial charge in [0.05, 0.1) is 0 Å². The van der Waals surface area contributed by atoms with E-state index in [9.17, 15) is 14.4 Å². The molecule has 5 rings (SSSR count). The van der Waals surface area contributed by atoms with Gasteiger partial charge >= 0.3 is 0 Å². The van der Waals surface area contributed by atoms with E-state index >= 15 is 0 Å². The highest BCUT2D eigenvalue weighted by molar-refractivity contribution is 6.05. The predicted molar refractivity (Wildman–Crippen MR) is 116 cm³/mol. The van der Waals surface area contributed by atoms with Gasteiger partial charge in [-0.05, 0) is 67.8 Å². The van der Waals surface area contributed by atoms with Crippen molar-refractivity contribution in [2.75, 3.05) is 13.1 Å². The first-order chi connectivity index (χ1) is 15.1. The Morgan fingerprint density at radius 3 is 2.71 bits per heavy atom. The van der Waals surface area contributed by atoms with Crippen molar-refractivity contribution in [3.63, 3.8) is 0 Å². The average Bonchev–Trinajstić information content (AvgIpc) is 3.09. The standard InChI is InChI=1S/C24H32N4O3/c29-21-7-6-19(22(30)27-21)28-15-17-13-16(4-5-18(17)23(28)31)14-26-20-3-1-2-8-24(20)9-11-25-12-10-24/h4-5,13,19-20,25-26H,1-3,6-12,14-15H2,(H,27,29,30). The molecule has 4 aliphatic rings. The zero-order valence-electron chi connectivity index (χ0n) is 18.0. The topological polar surface area (TPSA) is 90.5 Å². The Morgan fingerprint density at radius 1 is 1.06 bits per heavy atom. The first-order valence-electron chi connectivity index (χ1n) is 11.8. The van der Waals surface area contributed by atoms with E-state index in [1.165, 1.54) is 44.1 Å². The molecule has 3 N–H and O–H groups in total. The van der Waals surface area contributed by atoms with E-state index < -0.39 is 6.04 Å². The highest BCUT2D eigenvalue weighted by Gasteiger charge is 2.41. The largest absolute Gasteiger partial charge is 0.322 e. The Labute approximate surface area is 183 Å². The van der Waals surface area contributed by atoms with Gasteiger partial charge in [0.25, 0.3) is 5.91 Å². The number of hydrogen-bond acceptors (Lipinski definition) is 5. The van der Waals surface area contributed by atoms with Gasteiger partial charge in [-0.1, -0.05) is 25.0 Å². The Morgan fingerprint density at radius 2 is 1.90 bits per heavy atom. The van der Waals surface area contributed by atoms with Crippen LogP contribution >= 0.6 is 0 Å². The molecule has 3 aliphatic heterocycles. The summed E-state index contributed by atoms with van der Waals surface area (Å²) in [6, 6.07) is 6.06. The second-order valence-electron chi connectivity index (χ2n) is 9.68. The first-order valence-corrected chi connectivity index (χ1v) is 11.8. The van der Waals surface area contributed by atoms with Crippen molar-refractivity contribution in [2.24, 2.45) is 5.41 Å². The van der Waals surface area contributed by atoms with Crippen molar-refractivity contribution in [1.29, 1.82) is 0 Å². The zero-order chi connectivity index (χ0) is 21.4. The molecule has 7 nitrogen and oxygen atoms in total. The summed E-state index contributed by atoms with van der Waals surface area (Å²) in [5.41, 5.74) is 3.28. The fourth-order valence-corrected chi connectivity index (χ4v) is 6.13. The molecule has 1 aromatic rings. The van der Waals surface area contributed by atoms with Crippen molar-refractivity contribution in [2.45, 2.75) is 76.5 Å². The number of imide groups is 1. The van der Waals surface area contributed by atoms with Crippen LogP contribution in [0.1, 0.15) is 72.9 Å². The lowest BCUT2D eigenvalue weighted by Gasteiger charge is -2.47. The van der Waals surface area contributed by atoms with Crippen molar-refractivity contribution in [3.8, 4) is 0 Å². The minimum atomic E-state index is -0.554. The lowest BCUT2D eigenvalue weighted by Crippen LogP contribution is -2.52. The quantitative estimate of drug-likeness (QED) is 0.642. The third kappa shape index (κ3) is 3.89. The normalized spacial score (nSPS) is 28.0. The van der Waals surface area contributed by atoms with E-state index in [-0.39, 0.29) is 24.1 Å². The summed E-state index contributed by atoms with van der Waals surface area (Å²) >= 11 is 0. The number of hydrogen-bond donors (Lipinski definition) is 3. The molecular formula is C24H32N4O3. The molecule has 2 saturated heterocycles. The monoisotopic (exact) mass is 424 g/mol. The Balaban J connectivity index is 1.26. The third-order valence-corrected chi connectivity index (χ3v) is 7.90. The molecule has 1 saturated carbocycles. The van der Waals surface area contributed by atoms with Crippen LogP contribution in [-0.4, -0.2) is 47.8 Å². The van der Waals surface area contributed by atoms with Crippen molar-refractivity contribution in [3.05, 3.63) is 34.9 Å². The van der Waals surface area contributed by atoms with Crippen LogP contribution in [-0.2, 0) is 22.7 Å². The van der Waals surface area contributed by atoms with Crippen molar-refractivity contribution < 1.29 is 14.4 Å². The van der Waals surface area contributed by atoms with Gasteiger partial charge < -0.3 is 15.5 Å². The smallest absolute Gasteiger partial charge is 0.255 e. The van der Waals surface area contributed by atoms with E-state index in [1.807, 2.05) is 12.1 Å². The lowest BCUT2D eigenvalue weighted by molar-refractivity contribution is -0.136. The number of carbonyl (C=O) groups is 3. The SMILES string of the molecule is O=C1CCC(N2Cc3cc(CNC4CCCCC45CCNCC5)ccc3C2=O)C(=O)N1. The lowest BCUT2D eigenvalue weighted by atomic mass is 9.65. The summed E-state index contributed by atoms with van der Waals surface area (Å²) in [6.45, 7) is 3.48. The number of benzene rings is 1. The molecule has 0 radical (unpaired) electrons. The summed E-state index contributed by atoms with van der Waals surface area (Å²) in [4.78, 5) is 38.2. The zero-order valence-corrected chi connectivity index (χ0v) is 18.0. The third-order valence-electron chi connectivity index (χ3n) is 7.90. The summed E-state index contributed by atoms with van der Waals surface area (Å²) in [5.74, 6) is -0.721. The Hall–Kier alpha value is -2.25. The number of piperidine rings is 2. The maximum atomic E-state index is 12.9. The number of amides is 3. The van der Waals surface area contributed by atoms with E-state index in [4.69, 9.17) is 0 Å². The summed E-state index contributed by atoms with van der Waals surface area (Å²) in [6.07, 6.45) is 8.40. The highest BCUT2D eigenvalue weighted by atomic mass is 16.2. The number of nitrogens with one attached hydrogen (secondary N) is 3. The van der Waals surface area contributed by atoms with Crippen LogP contribution in [0.2, 0.25) is 0 Å². The fraction of sp³-hybridized carbons (Fsp3) is 0.625. The van der Waals surface area contributed by atoms with Gasteiger partial charge in [0.2, 0.25) is 11.8 Å². The fourth-order valence-electron chi connectivity index (χ4n) is 6.13. The van der Waals surface area contributed by atoms with Crippen LogP contribution in [0.4, 0.5) is 0 Å². The minimum Gasteiger partial charge on any atom is -0.322 e. The molecule has 3 heterocycles. The van der Waals surface area contributed by atoms with Gasteiger partial charge in [0.15, 0.2) is 0 Å². The molecule has 2 unspecified atom stereocenters. The van der Waals surface area contributed by atoms with Gasteiger partial charge in [-0.2, -0.15) is 0 Å². The molecule has 0 bridgehead atoms. The molecule has 1 aromatic carbocycles. The molecule has 166 valence electrons. The average molecular weight is 425 g/mol. The first kappa shape index (κ1) is 20.6. The van der Waals surface area contributed by atoms with E-state index in [2.05, 4.69) is 22.0 Å². The van der Waals surface area contributed by atoms with Gasteiger partial charge in [0, 0.05) is 31.1 Å². The second-order valence-corrected chi connectivity index (χ2v) is 9.68.